The predicted octanol–water partition coefficient (Wildman–Crippen LogP) is 3.73. The number of aromatic nitrogens is 4. The van der Waals surface area contributed by atoms with Crippen molar-refractivity contribution in [3.8, 4) is 5.88 Å². The molecule has 0 saturated carbocycles. The molecule has 0 amide bonds. The van der Waals surface area contributed by atoms with Crippen LogP contribution in [-0.2, 0) is 39.9 Å². The molecular formula is C25H39Cl2N6O8PS2. The van der Waals surface area contributed by atoms with Crippen LogP contribution < -0.4 is 15.6 Å². The lowest BCUT2D eigenvalue weighted by atomic mass is 10.00. The minimum Gasteiger partial charge on any atom is -0.476 e. The second kappa shape index (κ2) is 15.1. The number of anilines is 1. The van der Waals surface area contributed by atoms with Gasteiger partial charge in [0.1, 0.15) is 18.2 Å². The minimum atomic E-state index is -3.43. The van der Waals surface area contributed by atoms with E-state index in [1.54, 1.807) is 27.7 Å². The van der Waals surface area contributed by atoms with Gasteiger partial charge in [-0.3, -0.25) is 14.2 Å². The molecule has 0 radical (unpaired) electrons. The largest absolute Gasteiger partial charge is 0.476 e. The summed E-state index contributed by atoms with van der Waals surface area (Å²) in [6.45, 7) is 8.85. The number of aliphatic hydroxyl groups excluding tert-OH is 1. The molecule has 3 rings (SSSR count). The molecule has 4 N–H and O–H groups in total. The number of fused-ring (bicyclic) bond motifs is 1. The monoisotopic (exact) mass is 716 g/mol. The highest BCUT2D eigenvalue weighted by molar-refractivity contribution is 8.13. The molecule has 2 aromatic rings. The van der Waals surface area contributed by atoms with Crippen LogP contribution in [0.15, 0.2) is 6.33 Å². The van der Waals surface area contributed by atoms with Crippen molar-refractivity contribution in [3.63, 3.8) is 0 Å². The van der Waals surface area contributed by atoms with Gasteiger partial charge in [-0.15, -0.1) is 0 Å². The van der Waals surface area contributed by atoms with Crippen LogP contribution in [0, 0.1) is 5.41 Å². The average molecular weight is 718 g/mol. The Morgan fingerprint density at radius 3 is 2.59 bits per heavy atom. The van der Waals surface area contributed by atoms with E-state index in [4.69, 9.17) is 64.0 Å². The van der Waals surface area contributed by atoms with Crippen LogP contribution in [0.4, 0.5) is 5.95 Å². The van der Waals surface area contributed by atoms with Crippen LogP contribution >= 0.6 is 41.6 Å². The maximum atomic E-state index is 12.5. The molecule has 0 aromatic carbocycles. The lowest BCUT2D eigenvalue weighted by Crippen LogP contribution is -2.39. The van der Waals surface area contributed by atoms with Gasteiger partial charge in [0, 0.05) is 11.2 Å². The van der Waals surface area contributed by atoms with Gasteiger partial charge in [0.05, 0.1) is 32.3 Å². The smallest absolute Gasteiger partial charge is 0.323 e. The first-order valence-corrected chi connectivity index (χ1v) is 18.2. The third kappa shape index (κ3) is 9.14. The second-order valence-corrected chi connectivity index (χ2v) is 16.9. The number of nitrogens with one attached hydrogen (secondary N) is 1. The van der Waals surface area contributed by atoms with E-state index in [1.807, 2.05) is 20.8 Å². The molecule has 19 heteroatoms. The van der Waals surface area contributed by atoms with Crippen LogP contribution in [0.25, 0.3) is 11.2 Å². The average Bonchev–Trinajstić information content (AvgIpc) is 3.42. The minimum absolute atomic E-state index is 0.0151. The van der Waals surface area contributed by atoms with E-state index < -0.39 is 46.8 Å². The topological polar surface area (TPSA) is 182 Å². The summed E-state index contributed by atoms with van der Waals surface area (Å²) < 4.78 is 28.3. The number of carbonyl (C=O) groups is 2. The lowest BCUT2D eigenvalue weighted by molar-refractivity contribution is -0.149. The fourth-order valence-corrected chi connectivity index (χ4v) is 7.70. The van der Waals surface area contributed by atoms with Crippen LogP contribution in [0.1, 0.15) is 54.7 Å². The number of nitrogens with two attached hydrogens (primary N) is 1. The Balaban J connectivity index is 1.78. The van der Waals surface area contributed by atoms with Crippen LogP contribution in [0.5, 0.6) is 5.88 Å². The van der Waals surface area contributed by atoms with E-state index in [2.05, 4.69) is 20.0 Å². The maximum absolute atomic E-state index is 12.5. The summed E-state index contributed by atoms with van der Waals surface area (Å²) >= 11 is 20.1. The second-order valence-electron chi connectivity index (χ2n) is 11.1. The third-order valence-corrected chi connectivity index (χ3v) is 10.7. The standard InChI is InChI=1S/C25H39Cl2N6O8PS2/c1-8-37-19-16-18(30-23(28)31-19)33(12-29-16)21-25(26,27)17(34)15(41-21)11-39-42(43,32-14(4)20(35)40-13(2)3)38-9-10-44-22(36)24(5,6)7/h12-15,17,21,34H,8-11H2,1-7H3,(H,32,43)(H2,28,30,31). The summed E-state index contributed by atoms with van der Waals surface area (Å²) in [5, 5.41) is 14.0. The molecule has 2 aromatic heterocycles. The zero-order valence-corrected chi connectivity index (χ0v) is 29.5. The van der Waals surface area contributed by atoms with Crippen molar-refractivity contribution in [1.29, 1.82) is 0 Å². The van der Waals surface area contributed by atoms with Crippen molar-refractivity contribution in [3.05, 3.63) is 6.33 Å². The van der Waals surface area contributed by atoms with Gasteiger partial charge in [-0.05, 0) is 39.5 Å². The molecule has 14 nitrogen and oxygen atoms in total. The SMILES string of the molecule is CCOc1nc(N)nc2c1ncn2C1OC(COP(=S)(NC(C)C(=O)OC(C)C)OCCSC(=O)C(C)(C)C)C(O)C1(Cl)Cl. The fraction of sp³-hybridized carbons (Fsp3) is 0.720. The van der Waals surface area contributed by atoms with E-state index in [0.29, 0.717) is 17.9 Å². The van der Waals surface area contributed by atoms with Gasteiger partial charge in [-0.2, -0.15) is 9.97 Å². The van der Waals surface area contributed by atoms with Crippen molar-refractivity contribution in [1.82, 2.24) is 24.6 Å². The number of thioether (sulfide) groups is 1. The molecule has 5 unspecified atom stereocenters. The summed E-state index contributed by atoms with van der Waals surface area (Å²) in [6, 6.07) is -0.892. The van der Waals surface area contributed by atoms with Gasteiger partial charge in [-0.25, -0.2) is 10.1 Å². The van der Waals surface area contributed by atoms with Crippen molar-refractivity contribution < 1.29 is 38.0 Å². The maximum Gasteiger partial charge on any atom is 0.323 e. The molecule has 0 aliphatic carbocycles. The highest BCUT2D eigenvalue weighted by Crippen LogP contribution is 2.50. The number of hydrogen-bond donors (Lipinski definition) is 3. The quantitative estimate of drug-likeness (QED) is 0.111. The van der Waals surface area contributed by atoms with Gasteiger partial charge in [0.2, 0.25) is 11.8 Å². The first-order chi connectivity index (χ1) is 20.4. The number of imidazole rings is 1. The van der Waals surface area contributed by atoms with Gasteiger partial charge < -0.3 is 34.1 Å². The van der Waals surface area contributed by atoms with Gasteiger partial charge in [0.15, 0.2) is 26.8 Å². The number of rotatable bonds is 14. The van der Waals surface area contributed by atoms with Crippen LogP contribution in [0.3, 0.4) is 0 Å². The number of nitrogen functional groups attached to an aromatic ring is 1. The number of halogens is 2. The predicted molar refractivity (Wildman–Crippen MR) is 172 cm³/mol. The molecule has 248 valence electrons. The molecule has 3 heterocycles. The first kappa shape index (κ1) is 37.1. The normalized spacial score (nSPS) is 22.2. The molecule has 0 bridgehead atoms. The molecule has 44 heavy (non-hydrogen) atoms. The highest BCUT2D eigenvalue weighted by atomic mass is 35.5. The van der Waals surface area contributed by atoms with Crippen LogP contribution in [0.2, 0.25) is 0 Å². The summed E-state index contributed by atoms with van der Waals surface area (Å²) in [5.41, 5.74) is 5.86. The number of carbonyl (C=O) groups excluding carboxylic acids is 2. The Kier molecular flexibility index (Phi) is 12.7. The van der Waals surface area contributed by atoms with Gasteiger partial charge in [0.25, 0.3) is 6.64 Å². The Hall–Kier alpha value is -1.33. The molecule has 1 saturated heterocycles. The third-order valence-electron chi connectivity index (χ3n) is 5.98. The van der Waals surface area contributed by atoms with E-state index in [1.165, 1.54) is 10.9 Å². The zero-order valence-electron chi connectivity index (χ0n) is 25.5. The Morgan fingerprint density at radius 2 is 1.98 bits per heavy atom. The number of alkyl halides is 2. The van der Waals surface area contributed by atoms with E-state index in [0.717, 1.165) is 11.8 Å². The summed E-state index contributed by atoms with van der Waals surface area (Å²) in [6.07, 6.45) is -2.73. The Morgan fingerprint density at radius 1 is 1.30 bits per heavy atom. The molecule has 1 aliphatic rings. The van der Waals surface area contributed by atoms with Gasteiger partial charge in [-0.1, -0.05) is 55.7 Å². The summed E-state index contributed by atoms with van der Waals surface area (Å²) in [7, 11) is 0. The van der Waals surface area contributed by atoms with Crippen molar-refractivity contribution in [2.24, 2.45) is 5.41 Å². The Labute approximate surface area is 275 Å². The summed E-state index contributed by atoms with van der Waals surface area (Å²) in [4.78, 5) is 37.4. The number of aliphatic hydroxyl groups is 1. The lowest BCUT2D eigenvalue weighted by Gasteiger charge is -2.28. The van der Waals surface area contributed by atoms with E-state index >= 15 is 0 Å². The summed E-state index contributed by atoms with van der Waals surface area (Å²) in [5.74, 6) is -0.175. The van der Waals surface area contributed by atoms with Gasteiger partial charge >= 0.3 is 5.97 Å². The molecule has 1 aliphatic heterocycles. The number of esters is 1. The number of ether oxygens (including phenoxy) is 3. The Bertz CT molecular complexity index is 1380. The number of hydrogen-bond acceptors (Lipinski definition) is 14. The van der Waals surface area contributed by atoms with Crippen molar-refractivity contribution in [2.45, 2.75) is 83.4 Å². The fourth-order valence-electron chi connectivity index (χ4n) is 3.84. The zero-order chi connectivity index (χ0) is 33.0. The number of nitrogens with zero attached hydrogens (tertiary/aromatic N) is 4. The van der Waals surface area contributed by atoms with E-state index in [-0.39, 0.29) is 41.9 Å². The van der Waals surface area contributed by atoms with Crippen LogP contribution in [-0.4, -0.2) is 90.0 Å². The molecule has 1 fully saturated rings. The first-order valence-electron chi connectivity index (χ1n) is 13.8. The van der Waals surface area contributed by atoms with Crippen molar-refractivity contribution >= 4 is 81.6 Å². The van der Waals surface area contributed by atoms with Crippen molar-refractivity contribution in [2.75, 3.05) is 31.3 Å². The molecular weight excluding hydrogens is 678 g/mol. The highest BCUT2D eigenvalue weighted by Gasteiger charge is 2.56. The molecule has 5 atom stereocenters. The van der Waals surface area contributed by atoms with E-state index in [9.17, 15) is 14.7 Å². The molecule has 0 spiro atoms.